The number of carbonyl (C=O) groups is 2. The third kappa shape index (κ3) is 3.03. The van der Waals surface area contributed by atoms with E-state index in [1.54, 1.807) is 6.92 Å². The molecule has 1 atom stereocenters. The molecule has 6 nitrogen and oxygen atoms in total. The molecule has 0 radical (unpaired) electrons. The van der Waals surface area contributed by atoms with E-state index in [4.69, 9.17) is 4.42 Å². The van der Waals surface area contributed by atoms with Gasteiger partial charge >= 0.3 is 5.97 Å². The van der Waals surface area contributed by atoms with Crippen LogP contribution in [-0.2, 0) is 9.53 Å². The summed E-state index contributed by atoms with van der Waals surface area (Å²) in [7, 11) is 1.13. The predicted molar refractivity (Wildman–Crippen MR) is 71.3 cm³/mol. The van der Waals surface area contributed by atoms with Crippen LogP contribution in [0.3, 0.4) is 0 Å². The Morgan fingerprint density at radius 3 is 2.86 bits per heavy atom. The maximum absolute atomic E-state index is 13.2. The first-order chi connectivity index (χ1) is 9.93. The van der Waals surface area contributed by atoms with Crippen LogP contribution in [0.5, 0.6) is 0 Å². The fourth-order valence-corrected chi connectivity index (χ4v) is 1.90. The number of hydrogen-bond acceptors (Lipinski definition) is 5. The molecular weight excluding hydrogens is 281 g/mol. The summed E-state index contributed by atoms with van der Waals surface area (Å²) in [5.74, 6) is -1.88. The van der Waals surface area contributed by atoms with Crippen molar-refractivity contribution in [2.45, 2.75) is 13.0 Å². The molecule has 0 bridgehead atoms. The van der Waals surface area contributed by atoms with Crippen LogP contribution in [0.25, 0.3) is 11.0 Å². The zero-order valence-electron chi connectivity index (χ0n) is 11.5. The number of furan rings is 1. The van der Waals surface area contributed by atoms with Crippen LogP contribution in [0.15, 0.2) is 22.6 Å². The predicted octanol–water partition coefficient (Wildman–Crippen LogP) is 1.14. The number of methoxy groups -OCH3 is 1. The molecule has 1 aromatic carbocycles. The average Bonchev–Trinajstić information content (AvgIpc) is 2.80. The molecule has 1 heterocycles. The second-order valence-corrected chi connectivity index (χ2v) is 4.45. The van der Waals surface area contributed by atoms with E-state index < -0.39 is 23.8 Å². The Kier molecular flexibility index (Phi) is 4.23. The third-order valence-corrected chi connectivity index (χ3v) is 3.03. The molecule has 0 fully saturated rings. The van der Waals surface area contributed by atoms with Gasteiger partial charge in [-0.15, -0.1) is 0 Å². The van der Waals surface area contributed by atoms with Crippen molar-refractivity contribution in [3.05, 3.63) is 35.3 Å². The summed E-state index contributed by atoms with van der Waals surface area (Å²) in [6.07, 6.45) is -1.46. The topological polar surface area (TPSA) is 88.8 Å². The lowest BCUT2D eigenvalue weighted by atomic mass is 10.1. The van der Waals surface area contributed by atoms with Gasteiger partial charge in [0.2, 0.25) is 0 Å². The molecule has 21 heavy (non-hydrogen) atoms. The molecule has 0 aliphatic heterocycles. The lowest BCUT2D eigenvalue weighted by Crippen LogP contribution is -2.37. The quantitative estimate of drug-likeness (QED) is 0.826. The van der Waals surface area contributed by atoms with Gasteiger partial charge in [0.1, 0.15) is 11.4 Å². The summed E-state index contributed by atoms with van der Waals surface area (Å²) in [4.78, 5) is 23.0. The zero-order valence-corrected chi connectivity index (χ0v) is 11.5. The largest absolute Gasteiger partial charge is 0.467 e. The summed E-state index contributed by atoms with van der Waals surface area (Å²) in [6, 6.07) is 3.93. The molecule has 2 N–H and O–H groups in total. The van der Waals surface area contributed by atoms with E-state index in [2.05, 4.69) is 10.1 Å². The Morgan fingerprint density at radius 1 is 1.48 bits per heavy atom. The van der Waals surface area contributed by atoms with Crippen LogP contribution in [0.4, 0.5) is 4.39 Å². The first kappa shape index (κ1) is 15.0. The Bertz CT molecular complexity index is 694. The van der Waals surface area contributed by atoms with Crippen molar-refractivity contribution in [1.82, 2.24) is 5.32 Å². The van der Waals surface area contributed by atoms with E-state index in [0.29, 0.717) is 16.5 Å². The molecule has 2 rings (SSSR count). The SMILES string of the molecule is COC(=O)C(O)CNC(=O)c1oc2ccc(F)cc2c1C. The number of aliphatic hydroxyl groups is 1. The Balaban J connectivity index is 2.16. The van der Waals surface area contributed by atoms with E-state index in [1.165, 1.54) is 18.2 Å². The van der Waals surface area contributed by atoms with E-state index >= 15 is 0 Å². The molecule has 2 aromatic rings. The molecule has 0 spiro atoms. The minimum atomic E-state index is -1.46. The highest BCUT2D eigenvalue weighted by molar-refractivity contribution is 5.99. The number of hydrogen-bond donors (Lipinski definition) is 2. The van der Waals surface area contributed by atoms with Gasteiger partial charge in [0.05, 0.1) is 13.7 Å². The number of aliphatic hydroxyl groups excluding tert-OH is 1. The molecule has 0 saturated carbocycles. The van der Waals surface area contributed by atoms with Crippen LogP contribution in [-0.4, -0.2) is 36.7 Å². The normalized spacial score (nSPS) is 12.2. The van der Waals surface area contributed by atoms with Crippen molar-refractivity contribution in [3.8, 4) is 0 Å². The first-order valence-electron chi connectivity index (χ1n) is 6.16. The number of rotatable bonds is 4. The molecule has 0 saturated heterocycles. The molecular formula is C14H14FNO5. The zero-order chi connectivity index (χ0) is 15.6. The summed E-state index contributed by atoms with van der Waals surface area (Å²) >= 11 is 0. The Labute approximate surface area is 119 Å². The highest BCUT2D eigenvalue weighted by Crippen LogP contribution is 2.25. The molecule has 1 amide bonds. The summed E-state index contributed by atoms with van der Waals surface area (Å²) in [5, 5.41) is 12.2. The highest BCUT2D eigenvalue weighted by atomic mass is 19.1. The van der Waals surface area contributed by atoms with Gasteiger partial charge in [-0.1, -0.05) is 0 Å². The second-order valence-electron chi connectivity index (χ2n) is 4.45. The lowest BCUT2D eigenvalue weighted by Gasteiger charge is -2.08. The first-order valence-corrected chi connectivity index (χ1v) is 6.16. The van der Waals surface area contributed by atoms with Crippen LogP contribution in [0.2, 0.25) is 0 Å². The number of benzene rings is 1. The van der Waals surface area contributed by atoms with Crippen molar-refractivity contribution in [2.24, 2.45) is 0 Å². The maximum atomic E-state index is 13.2. The number of nitrogens with one attached hydrogen (secondary N) is 1. The van der Waals surface area contributed by atoms with Gasteiger partial charge in [0, 0.05) is 10.9 Å². The molecule has 7 heteroatoms. The minimum absolute atomic E-state index is 0.00710. The number of ether oxygens (including phenoxy) is 1. The molecule has 1 unspecified atom stereocenters. The van der Waals surface area contributed by atoms with Crippen LogP contribution in [0, 0.1) is 12.7 Å². The van der Waals surface area contributed by atoms with Crippen molar-refractivity contribution in [3.63, 3.8) is 0 Å². The molecule has 112 valence electrons. The van der Waals surface area contributed by atoms with Gasteiger partial charge in [-0.2, -0.15) is 0 Å². The maximum Gasteiger partial charge on any atom is 0.336 e. The van der Waals surface area contributed by atoms with Crippen LogP contribution < -0.4 is 5.32 Å². The van der Waals surface area contributed by atoms with Gasteiger partial charge in [0.25, 0.3) is 5.91 Å². The standard InChI is InChI=1S/C14H14FNO5/c1-7-9-5-8(15)3-4-11(9)21-12(7)13(18)16-6-10(17)14(19)20-2/h3-5,10,17H,6H2,1-2H3,(H,16,18). The number of carbonyl (C=O) groups excluding carboxylic acids is 2. The number of esters is 1. The second kappa shape index (κ2) is 5.92. The van der Waals surface area contributed by atoms with Gasteiger partial charge in [-0.05, 0) is 25.1 Å². The Hall–Kier alpha value is -2.41. The van der Waals surface area contributed by atoms with E-state index in [1.807, 2.05) is 0 Å². The number of aryl methyl sites for hydroxylation is 1. The van der Waals surface area contributed by atoms with Crippen molar-refractivity contribution < 1.29 is 28.2 Å². The lowest BCUT2D eigenvalue weighted by molar-refractivity contribution is -0.149. The van der Waals surface area contributed by atoms with E-state index in [-0.39, 0.29) is 12.3 Å². The van der Waals surface area contributed by atoms with Crippen molar-refractivity contribution >= 4 is 22.8 Å². The monoisotopic (exact) mass is 295 g/mol. The van der Waals surface area contributed by atoms with E-state index in [9.17, 15) is 19.1 Å². The number of fused-ring (bicyclic) bond motifs is 1. The number of halogens is 1. The summed E-state index contributed by atoms with van der Waals surface area (Å²) in [6.45, 7) is 1.31. The molecule has 0 aliphatic rings. The van der Waals surface area contributed by atoms with E-state index in [0.717, 1.165) is 7.11 Å². The van der Waals surface area contributed by atoms with Gasteiger partial charge in [-0.25, -0.2) is 9.18 Å². The van der Waals surface area contributed by atoms with Crippen molar-refractivity contribution in [1.29, 1.82) is 0 Å². The van der Waals surface area contributed by atoms with Crippen LogP contribution >= 0.6 is 0 Å². The molecule has 0 aliphatic carbocycles. The van der Waals surface area contributed by atoms with Gasteiger partial charge < -0.3 is 19.6 Å². The van der Waals surface area contributed by atoms with Gasteiger partial charge in [0.15, 0.2) is 11.9 Å². The fourth-order valence-electron chi connectivity index (χ4n) is 1.90. The highest BCUT2D eigenvalue weighted by Gasteiger charge is 2.21. The number of amides is 1. The third-order valence-electron chi connectivity index (χ3n) is 3.03. The fraction of sp³-hybridized carbons (Fsp3) is 0.286. The average molecular weight is 295 g/mol. The van der Waals surface area contributed by atoms with Gasteiger partial charge in [-0.3, -0.25) is 4.79 Å². The van der Waals surface area contributed by atoms with Crippen LogP contribution in [0.1, 0.15) is 16.1 Å². The summed E-state index contributed by atoms with van der Waals surface area (Å²) < 4.78 is 22.9. The summed E-state index contributed by atoms with van der Waals surface area (Å²) in [5.41, 5.74) is 0.863. The Morgan fingerprint density at radius 2 is 2.19 bits per heavy atom. The van der Waals surface area contributed by atoms with Crippen molar-refractivity contribution in [2.75, 3.05) is 13.7 Å². The minimum Gasteiger partial charge on any atom is -0.467 e. The smallest absolute Gasteiger partial charge is 0.336 e. The molecule has 1 aromatic heterocycles.